The maximum atomic E-state index is 12.7. The SMILES string of the molecule is CC(C)(C)[C@H]1CCCC[C@@H]1NC(=O)c1ccc(N2C(=O)CCC2=O)cc1. The fourth-order valence-electron chi connectivity index (χ4n) is 4.22. The zero-order valence-corrected chi connectivity index (χ0v) is 15.9. The molecule has 0 bridgehead atoms. The number of benzene rings is 1. The van der Waals surface area contributed by atoms with Crippen LogP contribution in [-0.4, -0.2) is 23.8 Å². The molecule has 26 heavy (non-hydrogen) atoms. The van der Waals surface area contributed by atoms with Gasteiger partial charge >= 0.3 is 0 Å². The molecule has 140 valence electrons. The lowest BCUT2D eigenvalue weighted by Crippen LogP contribution is -2.46. The van der Waals surface area contributed by atoms with Crippen LogP contribution in [-0.2, 0) is 9.59 Å². The molecular formula is C21H28N2O3. The quantitative estimate of drug-likeness (QED) is 0.840. The van der Waals surface area contributed by atoms with E-state index in [4.69, 9.17) is 0 Å². The second kappa shape index (κ2) is 7.22. The van der Waals surface area contributed by atoms with Gasteiger partial charge in [-0.1, -0.05) is 33.6 Å². The third-order valence-electron chi connectivity index (χ3n) is 5.63. The predicted molar refractivity (Wildman–Crippen MR) is 101 cm³/mol. The van der Waals surface area contributed by atoms with Crippen molar-refractivity contribution in [3.8, 4) is 0 Å². The van der Waals surface area contributed by atoms with Crippen molar-refractivity contribution in [1.82, 2.24) is 5.32 Å². The molecule has 1 heterocycles. The number of anilines is 1. The average Bonchev–Trinajstić information content (AvgIpc) is 2.93. The van der Waals surface area contributed by atoms with Crippen molar-refractivity contribution < 1.29 is 14.4 Å². The standard InChI is InChI=1S/C21H28N2O3/c1-21(2,3)16-6-4-5-7-17(16)22-20(26)14-8-10-15(11-9-14)23-18(24)12-13-19(23)25/h8-11,16-17H,4-7,12-13H2,1-3H3,(H,22,26)/t16-,17-/m0/s1. The van der Waals surface area contributed by atoms with Gasteiger partial charge in [0.15, 0.2) is 0 Å². The summed E-state index contributed by atoms with van der Waals surface area (Å²) >= 11 is 0. The van der Waals surface area contributed by atoms with Crippen molar-refractivity contribution in [1.29, 1.82) is 0 Å². The zero-order valence-electron chi connectivity index (χ0n) is 15.9. The zero-order chi connectivity index (χ0) is 18.9. The molecule has 0 radical (unpaired) electrons. The number of carbonyl (C=O) groups is 3. The van der Waals surface area contributed by atoms with E-state index in [1.54, 1.807) is 24.3 Å². The molecule has 0 aromatic heterocycles. The Balaban J connectivity index is 1.70. The molecule has 1 aromatic rings. The summed E-state index contributed by atoms with van der Waals surface area (Å²) < 4.78 is 0. The second-order valence-electron chi connectivity index (χ2n) is 8.51. The molecular weight excluding hydrogens is 328 g/mol. The number of carbonyl (C=O) groups excluding carboxylic acids is 3. The minimum atomic E-state index is -0.178. The average molecular weight is 356 g/mol. The van der Waals surface area contributed by atoms with E-state index in [2.05, 4.69) is 26.1 Å². The minimum absolute atomic E-state index is 0.0863. The van der Waals surface area contributed by atoms with Gasteiger partial charge in [0.2, 0.25) is 11.8 Å². The Morgan fingerprint density at radius 1 is 1.00 bits per heavy atom. The van der Waals surface area contributed by atoms with Crippen LogP contribution in [0.25, 0.3) is 0 Å². The first-order valence-electron chi connectivity index (χ1n) is 9.54. The minimum Gasteiger partial charge on any atom is -0.349 e. The summed E-state index contributed by atoms with van der Waals surface area (Å²) in [5.74, 6) is 0.0287. The van der Waals surface area contributed by atoms with E-state index in [1.165, 1.54) is 11.3 Å². The number of imide groups is 1. The van der Waals surface area contributed by atoms with E-state index in [-0.39, 0.29) is 42.0 Å². The van der Waals surface area contributed by atoms with Crippen molar-refractivity contribution in [3.63, 3.8) is 0 Å². The Hall–Kier alpha value is -2.17. The van der Waals surface area contributed by atoms with E-state index >= 15 is 0 Å². The van der Waals surface area contributed by atoms with Crippen LogP contribution >= 0.6 is 0 Å². The summed E-state index contributed by atoms with van der Waals surface area (Å²) in [5, 5.41) is 3.21. The Morgan fingerprint density at radius 2 is 1.58 bits per heavy atom. The third-order valence-corrected chi connectivity index (χ3v) is 5.63. The monoisotopic (exact) mass is 356 g/mol. The van der Waals surface area contributed by atoms with E-state index < -0.39 is 0 Å². The topological polar surface area (TPSA) is 66.5 Å². The van der Waals surface area contributed by atoms with Crippen LogP contribution in [0.5, 0.6) is 0 Å². The highest BCUT2D eigenvalue weighted by Gasteiger charge is 2.35. The highest BCUT2D eigenvalue weighted by molar-refractivity contribution is 6.19. The molecule has 0 unspecified atom stereocenters. The molecule has 1 N–H and O–H groups in total. The van der Waals surface area contributed by atoms with Crippen molar-refractivity contribution in [2.75, 3.05) is 4.90 Å². The molecule has 1 saturated heterocycles. The molecule has 1 aromatic carbocycles. The Morgan fingerprint density at radius 3 is 2.15 bits per heavy atom. The molecule has 3 amide bonds. The maximum Gasteiger partial charge on any atom is 0.251 e. The summed E-state index contributed by atoms with van der Waals surface area (Å²) in [6.45, 7) is 6.71. The van der Waals surface area contributed by atoms with Gasteiger partial charge in [0.1, 0.15) is 0 Å². The van der Waals surface area contributed by atoms with Crippen molar-refractivity contribution >= 4 is 23.4 Å². The fourth-order valence-corrected chi connectivity index (χ4v) is 4.22. The predicted octanol–water partition coefficient (Wildman–Crippen LogP) is 3.67. The highest BCUT2D eigenvalue weighted by Crippen LogP contribution is 2.38. The number of nitrogens with zero attached hydrogens (tertiary/aromatic N) is 1. The van der Waals surface area contributed by atoms with Gasteiger partial charge in [-0.25, -0.2) is 0 Å². The van der Waals surface area contributed by atoms with Gasteiger partial charge in [-0.15, -0.1) is 0 Å². The smallest absolute Gasteiger partial charge is 0.251 e. The Bertz CT molecular complexity index is 687. The van der Waals surface area contributed by atoms with E-state index in [0.29, 0.717) is 17.2 Å². The molecule has 2 fully saturated rings. The van der Waals surface area contributed by atoms with Gasteiger partial charge in [0.05, 0.1) is 5.69 Å². The number of nitrogens with one attached hydrogen (secondary N) is 1. The summed E-state index contributed by atoms with van der Waals surface area (Å²) in [4.78, 5) is 37.5. The first kappa shape index (κ1) is 18.6. The van der Waals surface area contributed by atoms with Crippen LogP contribution in [0.3, 0.4) is 0 Å². The molecule has 3 rings (SSSR count). The van der Waals surface area contributed by atoms with Crippen molar-refractivity contribution in [3.05, 3.63) is 29.8 Å². The Kier molecular flexibility index (Phi) is 5.17. The van der Waals surface area contributed by atoms with Crippen LogP contribution in [0.4, 0.5) is 5.69 Å². The molecule has 0 spiro atoms. The fraction of sp³-hybridized carbons (Fsp3) is 0.571. The summed E-state index contributed by atoms with van der Waals surface area (Å²) in [7, 11) is 0. The lowest BCUT2D eigenvalue weighted by molar-refractivity contribution is -0.121. The lowest BCUT2D eigenvalue weighted by Gasteiger charge is -2.40. The molecule has 2 atom stereocenters. The summed E-state index contributed by atoms with van der Waals surface area (Å²) in [6.07, 6.45) is 5.06. The van der Waals surface area contributed by atoms with E-state index in [9.17, 15) is 14.4 Å². The van der Waals surface area contributed by atoms with Gasteiger partial charge in [0, 0.05) is 24.4 Å². The summed E-state index contributed by atoms with van der Waals surface area (Å²) in [5.41, 5.74) is 1.27. The highest BCUT2D eigenvalue weighted by atomic mass is 16.2. The number of hydrogen-bond donors (Lipinski definition) is 1. The second-order valence-corrected chi connectivity index (χ2v) is 8.51. The maximum absolute atomic E-state index is 12.7. The van der Waals surface area contributed by atoms with E-state index in [1.807, 2.05) is 0 Å². The first-order valence-corrected chi connectivity index (χ1v) is 9.54. The Labute approximate surface area is 155 Å². The van der Waals surface area contributed by atoms with E-state index in [0.717, 1.165) is 19.3 Å². The van der Waals surface area contributed by atoms with Crippen LogP contribution in [0, 0.1) is 11.3 Å². The van der Waals surface area contributed by atoms with Gasteiger partial charge < -0.3 is 5.32 Å². The van der Waals surface area contributed by atoms with Crippen molar-refractivity contribution in [2.45, 2.75) is 65.3 Å². The molecule has 1 aliphatic heterocycles. The number of hydrogen-bond acceptors (Lipinski definition) is 3. The molecule has 2 aliphatic rings. The van der Waals surface area contributed by atoms with Crippen LogP contribution < -0.4 is 10.2 Å². The molecule has 1 aliphatic carbocycles. The van der Waals surface area contributed by atoms with Gasteiger partial charge in [-0.3, -0.25) is 19.3 Å². The van der Waals surface area contributed by atoms with Crippen LogP contribution in [0.2, 0.25) is 0 Å². The number of amides is 3. The first-order chi connectivity index (χ1) is 12.3. The van der Waals surface area contributed by atoms with Crippen LogP contribution in [0.1, 0.15) is 69.7 Å². The number of rotatable bonds is 3. The van der Waals surface area contributed by atoms with Gasteiger partial charge in [-0.05, 0) is 48.4 Å². The summed E-state index contributed by atoms with van der Waals surface area (Å²) in [6, 6.07) is 6.94. The lowest BCUT2D eigenvalue weighted by atomic mass is 9.69. The van der Waals surface area contributed by atoms with Gasteiger partial charge in [0.25, 0.3) is 5.91 Å². The van der Waals surface area contributed by atoms with Crippen molar-refractivity contribution in [2.24, 2.45) is 11.3 Å². The largest absolute Gasteiger partial charge is 0.349 e. The van der Waals surface area contributed by atoms with Gasteiger partial charge in [-0.2, -0.15) is 0 Å². The molecule has 5 nitrogen and oxygen atoms in total. The normalized spacial score (nSPS) is 24.0. The van der Waals surface area contributed by atoms with Crippen LogP contribution in [0.15, 0.2) is 24.3 Å². The third kappa shape index (κ3) is 3.81. The molecule has 5 heteroatoms. The molecule has 1 saturated carbocycles.